The van der Waals surface area contributed by atoms with Crippen molar-refractivity contribution in [2.75, 3.05) is 5.32 Å². The van der Waals surface area contributed by atoms with Crippen molar-refractivity contribution in [1.82, 2.24) is 14.9 Å². The summed E-state index contributed by atoms with van der Waals surface area (Å²) in [6, 6.07) is 10.2. The highest BCUT2D eigenvalue weighted by atomic mass is 19.4. The second kappa shape index (κ2) is 9.32. The predicted molar refractivity (Wildman–Crippen MR) is 123 cm³/mol. The molecule has 178 valence electrons. The molecule has 0 unspecified atom stereocenters. The van der Waals surface area contributed by atoms with Gasteiger partial charge >= 0.3 is 6.18 Å². The van der Waals surface area contributed by atoms with E-state index < -0.39 is 17.6 Å². The molecule has 1 aromatic heterocycles. The van der Waals surface area contributed by atoms with Crippen LogP contribution in [0.15, 0.2) is 55.1 Å². The SMILES string of the molecule is C=CC(=O)NC1CCC(n2c(NC(=O)c3cccc(C(F)(F)F)c3)nc3cc(C)ccc32)CC1. The Bertz CT molecular complexity index is 1240. The lowest BCUT2D eigenvalue weighted by Gasteiger charge is -2.31. The van der Waals surface area contributed by atoms with Crippen molar-refractivity contribution < 1.29 is 22.8 Å². The van der Waals surface area contributed by atoms with Crippen molar-refractivity contribution >= 4 is 28.8 Å². The maximum Gasteiger partial charge on any atom is 0.416 e. The first-order chi connectivity index (χ1) is 16.2. The van der Waals surface area contributed by atoms with Gasteiger partial charge in [-0.05, 0) is 74.6 Å². The van der Waals surface area contributed by atoms with Crippen molar-refractivity contribution in [3.05, 3.63) is 71.8 Å². The highest BCUT2D eigenvalue weighted by molar-refractivity contribution is 6.04. The van der Waals surface area contributed by atoms with Gasteiger partial charge in [0.05, 0.1) is 16.6 Å². The van der Waals surface area contributed by atoms with Gasteiger partial charge in [0.15, 0.2) is 0 Å². The van der Waals surface area contributed by atoms with Gasteiger partial charge in [0.1, 0.15) is 0 Å². The zero-order chi connectivity index (χ0) is 24.5. The van der Waals surface area contributed by atoms with Crippen LogP contribution < -0.4 is 10.6 Å². The molecule has 1 aliphatic rings. The van der Waals surface area contributed by atoms with E-state index in [9.17, 15) is 22.8 Å². The fourth-order valence-electron chi connectivity index (χ4n) is 4.42. The maximum absolute atomic E-state index is 13.1. The number of halogens is 3. The molecule has 1 aliphatic carbocycles. The number of hydrogen-bond acceptors (Lipinski definition) is 3. The molecule has 0 saturated heterocycles. The van der Waals surface area contributed by atoms with Crippen molar-refractivity contribution in [1.29, 1.82) is 0 Å². The first-order valence-electron chi connectivity index (χ1n) is 11.1. The van der Waals surface area contributed by atoms with E-state index in [0.717, 1.165) is 48.9 Å². The molecule has 2 N–H and O–H groups in total. The minimum absolute atomic E-state index is 0.0152. The zero-order valence-electron chi connectivity index (χ0n) is 18.7. The lowest BCUT2D eigenvalue weighted by molar-refractivity contribution is -0.137. The van der Waals surface area contributed by atoms with Crippen LogP contribution >= 0.6 is 0 Å². The highest BCUT2D eigenvalue weighted by Crippen LogP contribution is 2.35. The summed E-state index contributed by atoms with van der Waals surface area (Å²) in [5.74, 6) is -0.575. The van der Waals surface area contributed by atoms with Gasteiger partial charge in [0.25, 0.3) is 5.91 Å². The Hall–Kier alpha value is -3.62. The van der Waals surface area contributed by atoms with E-state index in [2.05, 4.69) is 22.2 Å². The molecule has 2 aromatic carbocycles. The van der Waals surface area contributed by atoms with Crippen LogP contribution in [0.25, 0.3) is 11.0 Å². The number of alkyl halides is 3. The van der Waals surface area contributed by atoms with E-state index in [-0.39, 0.29) is 23.6 Å². The summed E-state index contributed by atoms with van der Waals surface area (Å²) in [6.45, 7) is 5.42. The summed E-state index contributed by atoms with van der Waals surface area (Å²) in [6.07, 6.45) is -0.310. The van der Waals surface area contributed by atoms with Crippen LogP contribution in [-0.2, 0) is 11.0 Å². The lowest BCUT2D eigenvalue weighted by Crippen LogP contribution is -2.37. The lowest BCUT2D eigenvalue weighted by atomic mass is 9.90. The first-order valence-corrected chi connectivity index (χ1v) is 11.1. The van der Waals surface area contributed by atoms with Crippen LogP contribution in [0.4, 0.5) is 19.1 Å². The molecule has 9 heteroatoms. The topological polar surface area (TPSA) is 76.0 Å². The van der Waals surface area contributed by atoms with Crippen molar-refractivity contribution in [2.24, 2.45) is 0 Å². The highest BCUT2D eigenvalue weighted by Gasteiger charge is 2.31. The van der Waals surface area contributed by atoms with Crippen molar-refractivity contribution in [2.45, 2.75) is 50.9 Å². The molecule has 0 aliphatic heterocycles. The minimum Gasteiger partial charge on any atom is -0.350 e. The quantitative estimate of drug-likeness (QED) is 0.490. The summed E-state index contributed by atoms with van der Waals surface area (Å²) in [5, 5.41) is 5.65. The van der Waals surface area contributed by atoms with Crippen LogP contribution in [0.3, 0.4) is 0 Å². The van der Waals surface area contributed by atoms with Gasteiger partial charge in [0, 0.05) is 17.6 Å². The Kier molecular flexibility index (Phi) is 6.45. The molecule has 2 amide bonds. The molecule has 34 heavy (non-hydrogen) atoms. The average molecular weight is 470 g/mol. The molecule has 1 fully saturated rings. The Morgan fingerprint density at radius 1 is 1.12 bits per heavy atom. The zero-order valence-corrected chi connectivity index (χ0v) is 18.7. The van der Waals surface area contributed by atoms with Gasteiger partial charge in [0.2, 0.25) is 11.9 Å². The molecule has 3 aromatic rings. The molecule has 1 saturated carbocycles. The molecular weight excluding hydrogens is 445 g/mol. The fraction of sp³-hybridized carbons (Fsp3) is 0.320. The molecule has 0 spiro atoms. The normalized spacial score (nSPS) is 18.5. The molecule has 0 bridgehead atoms. The number of aryl methyl sites for hydroxylation is 1. The Labute approximate surface area is 194 Å². The number of amides is 2. The smallest absolute Gasteiger partial charge is 0.350 e. The largest absolute Gasteiger partial charge is 0.416 e. The minimum atomic E-state index is -4.54. The van der Waals surface area contributed by atoms with Crippen LogP contribution in [0.5, 0.6) is 0 Å². The predicted octanol–water partition coefficient (Wildman–Crippen LogP) is 5.40. The fourth-order valence-corrected chi connectivity index (χ4v) is 4.42. The number of aromatic nitrogens is 2. The molecule has 1 heterocycles. The number of anilines is 1. The van der Waals surface area contributed by atoms with Crippen molar-refractivity contribution in [3.8, 4) is 0 Å². The van der Waals surface area contributed by atoms with E-state index in [4.69, 9.17) is 0 Å². The van der Waals surface area contributed by atoms with Crippen LogP contribution in [0, 0.1) is 6.92 Å². The summed E-state index contributed by atoms with van der Waals surface area (Å²) >= 11 is 0. The number of carbonyl (C=O) groups excluding carboxylic acids is 2. The van der Waals surface area contributed by atoms with Crippen LogP contribution in [0.1, 0.15) is 53.2 Å². The third-order valence-electron chi connectivity index (χ3n) is 6.12. The number of nitrogens with one attached hydrogen (secondary N) is 2. The number of benzene rings is 2. The van der Waals surface area contributed by atoms with E-state index in [1.165, 1.54) is 18.2 Å². The molecule has 0 radical (unpaired) electrons. The van der Waals surface area contributed by atoms with E-state index in [0.29, 0.717) is 11.5 Å². The second-order valence-electron chi connectivity index (χ2n) is 8.55. The van der Waals surface area contributed by atoms with Gasteiger partial charge in [-0.1, -0.05) is 18.7 Å². The summed E-state index contributed by atoms with van der Waals surface area (Å²) in [7, 11) is 0. The van der Waals surface area contributed by atoms with Gasteiger partial charge in [-0.25, -0.2) is 4.98 Å². The number of rotatable bonds is 5. The third-order valence-corrected chi connectivity index (χ3v) is 6.12. The first kappa shape index (κ1) is 23.5. The summed E-state index contributed by atoms with van der Waals surface area (Å²) in [4.78, 5) is 29.1. The number of fused-ring (bicyclic) bond motifs is 1. The van der Waals surface area contributed by atoms with E-state index in [1.54, 1.807) is 0 Å². The number of carbonyl (C=O) groups is 2. The van der Waals surface area contributed by atoms with Crippen LogP contribution in [0.2, 0.25) is 0 Å². The Balaban J connectivity index is 1.62. The van der Waals surface area contributed by atoms with E-state index in [1.807, 2.05) is 29.7 Å². The van der Waals surface area contributed by atoms with Gasteiger partial charge < -0.3 is 9.88 Å². The van der Waals surface area contributed by atoms with Gasteiger partial charge in [-0.3, -0.25) is 14.9 Å². The van der Waals surface area contributed by atoms with Crippen LogP contribution in [-0.4, -0.2) is 27.4 Å². The standard InChI is InChI=1S/C25H25F3N4O2/c1-3-22(33)29-18-8-10-19(11-9-18)32-21-12-7-15(2)13-20(21)30-24(32)31-23(34)16-5-4-6-17(14-16)25(26,27)28/h3-7,12-14,18-19H,1,8-11H2,2H3,(H,29,33)(H,30,31,34). The molecular formula is C25H25F3N4O2. The summed E-state index contributed by atoms with van der Waals surface area (Å²) < 4.78 is 41.2. The number of imidazole rings is 1. The average Bonchev–Trinajstić information content (AvgIpc) is 3.15. The number of hydrogen-bond donors (Lipinski definition) is 2. The molecule has 4 rings (SSSR count). The maximum atomic E-state index is 13.1. The van der Waals surface area contributed by atoms with Gasteiger partial charge in [-0.2, -0.15) is 13.2 Å². The second-order valence-corrected chi connectivity index (χ2v) is 8.55. The monoisotopic (exact) mass is 470 g/mol. The third kappa shape index (κ3) is 4.98. The number of nitrogens with zero attached hydrogens (tertiary/aromatic N) is 2. The molecule has 6 nitrogen and oxygen atoms in total. The summed E-state index contributed by atoms with van der Waals surface area (Å²) in [5.41, 5.74) is 1.55. The van der Waals surface area contributed by atoms with Gasteiger partial charge in [-0.15, -0.1) is 0 Å². The van der Waals surface area contributed by atoms with E-state index >= 15 is 0 Å². The Morgan fingerprint density at radius 3 is 2.53 bits per heavy atom. The molecule has 0 atom stereocenters. The Morgan fingerprint density at radius 2 is 1.85 bits per heavy atom. The van der Waals surface area contributed by atoms with Crippen molar-refractivity contribution in [3.63, 3.8) is 0 Å².